The van der Waals surface area contributed by atoms with E-state index < -0.39 is 12.0 Å². The first kappa shape index (κ1) is 16.3. The van der Waals surface area contributed by atoms with E-state index in [9.17, 15) is 9.90 Å². The second-order valence-corrected chi connectivity index (χ2v) is 5.30. The number of benzene rings is 1. The number of carboxylic acids is 1. The van der Waals surface area contributed by atoms with Crippen molar-refractivity contribution >= 4 is 17.6 Å². The Morgan fingerprint density at radius 3 is 2.77 bits per heavy atom. The minimum Gasteiger partial charge on any atom is -0.496 e. The highest BCUT2D eigenvalue weighted by Gasteiger charge is 2.28. The van der Waals surface area contributed by atoms with Gasteiger partial charge in [0.1, 0.15) is 11.8 Å². The lowest BCUT2D eigenvalue weighted by atomic mass is 10.0. The van der Waals surface area contributed by atoms with Crippen molar-refractivity contribution in [1.82, 2.24) is 9.88 Å². The third-order valence-electron chi connectivity index (χ3n) is 3.30. The molecule has 22 heavy (non-hydrogen) atoms. The smallest absolute Gasteiger partial charge is 0.325 e. The Morgan fingerprint density at radius 1 is 1.41 bits per heavy atom. The summed E-state index contributed by atoms with van der Waals surface area (Å²) >= 11 is 6.01. The Morgan fingerprint density at radius 2 is 2.18 bits per heavy atom. The van der Waals surface area contributed by atoms with Crippen molar-refractivity contribution in [2.75, 3.05) is 14.2 Å². The number of carbonyl (C=O) groups is 1. The van der Waals surface area contributed by atoms with Gasteiger partial charge in [-0.15, -0.1) is 0 Å². The van der Waals surface area contributed by atoms with E-state index in [2.05, 4.69) is 4.98 Å². The number of methoxy groups -OCH3 is 1. The van der Waals surface area contributed by atoms with Crippen molar-refractivity contribution in [2.24, 2.45) is 0 Å². The van der Waals surface area contributed by atoms with Gasteiger partial charge in [0, 0.05) is 23.3 Å². The molecule has 0 saturated heterocycles. The predicted molar refractivity (Wildman–Crippen MR) is 84.1 cm³/mol. The summed E-state index contributed by atoms with van der Waals surface area (Å²) in [7, 11) is 3.23. The lowest BCUT2D eigenvalue weighted by molar-refractivity contribution is -0.143. The van der Waals surface area contributed by atoms with Gasteiger partial charge in [-0.3, -0.25) is 14.7 Å². The van der Waals surface area contributed by atoms with Crippen molar-refractivity contribution in [3.8, 4) is 5.75 Å². The van der Waals surface area contributed by atoms with E-state index in [0.29, 0.717) is 22.9 Å². The predicted octanol–water partition coefficient (Wildman–Crippen LogP) is 3.00. The molecule has 5 nitrogen and oxygen atoms in total. The Kier molecular flexibility index (Phi) is 5.35. The molecule has 0 radical (unpaired) electrons. The summed E-state index contributed by atoms with van der Waals surface area (Å²) in [5, 5.41) is 10.1. The number of nitrogens with zero attached hydrogens (tertiary/aromatic N) is 2. The quantitative estimate of drug-likeness (QED) is 0.886. The van der Waals surface area contributed by atoms with Crippen LogP contribution in [-0.4, -0.2) is 35.1 Å². The van der Waals surface area contributed by atoms with Crippen LogP contribution in [0, 0.1) is 0 Å². The SMILES string of the molecule is COc1ccc(Cl)cc1C(C(=O)O)N(C)Cc1ccccn1. The topological polar surface area (TPSA) is 62.7 Å². The summed E-state index contributed by atoms with van der Waals surface area (Å²) < 4.78 is 5.27. The molecule has 1 N–H and O–H groups in total. The fourth-order valence-electron chi connectivity index (χ4n) is 2.32. The summed E-state index contributed by atoms with van der Waals surface area (Å²) in [5.41, 5.74) is 1.30. The second-order valence-electron chi connectivity index (χ2n) is 4.86. The minimum absolute atomic E-state index is 0.396. The lowest BCUT2D eigenvalue weighted by Crippen LogP contribution is -2.31. The van der Waals surface area contributed by atoms with Crippen molar-refractivity contribution in [2.45, 2.75) is 12.6 Å². The number of hydrogen-bond donors (Lipinski definition) is 1. The molecule has 0 aliphatic heterocycles. The van der Waals surface area contributed by atoms with Gasteiger partial charge in [-0.25, -0.2) is 0 Å². The monoisotopic (exact) mass is 320 g/mol. The molecule has 1 aromatic heterocycles. The first-order valence-corrected chi connectivity index (χ1v) is 7.07. The molecule has 2 rings (SSSR count). The molecule has 0 fully saturated rings. The van der Waals surface area contributed by atoms with Gasteiger partial charge in [0.15, 0.2) is 0 Å². The van der Waals surface area contributed by atoms with Crippen molar-refractivity contribution in [3.05, 3.63) is 58.9 Å². The van der Waals surface area contributed by atoms with Gasteiger partial charge in [-0.05, 0) is 37.4 Å². The third kappa shape index (κ3) is 3.75. The fraction of sp³-hybridized carbons (Fsp3) is 0.250. The average molecular weight is 321 g/mol. The zero-order chi connectivity index (χ0) is 16.1. The zero-order valence-corrected chi connectivity index (χ0v) is 13.1. The molecule has 1 unspecified atom stereocenters. The molecule has 1 aromatic carbocycles. The Bertz CT molecular complexity index is 649. The number of ether oxygens (including phenoxy) is 1. The van der Waals surface area contributed by atoms with E-state index in [-0.39, 0.29) is 0 Å². The average Bonchev–Trinajstić information content (AvgIpc) is 2.48. The Hall–Kier alpha value is -2.11. The van der Waals surface area contributed by atoms with Gasteiger partial charge in [-0.1, -0.05) is 17.7 Å². The van der Waals surface area contributed by atoms with Crippen molar-refractivity contribution < 1.29 is 14.6 Å². The molecule has 1 atom stereocenters. The van der Waals surface area contributed by atoms with E-state index in [0.717, 1.165) is 5.69 Å². The van der Waals surface area contributed by atoms with Crippen molar-refractivity contribution in [1.29, 1.82) is 0 Å². The van der Waals surface area contributed by atoms with Crippen LogP contribution >= 0.6 is 11.6 Å². The summed E-state index contributed by atoms with van der Waals surface area (Å²) in [6, 6.07) is 9.61. The fourth-order valence-corrected chi connectivity index (χ4v) is 2.50. The number of hydrogen-bond acceptors (Lipinski definition) is 4. The van der Waals surface area contributed by atoms with Crippen LogP contribution in [0.2, 0.25) is 5.02 Å². The maximum atomic E-state index is 11.8. The molecule has 2 aromatic rings. The van der Waals surface area contributed by atoms with E-state index >= 15 is 0 Å². The maximum absolute atomic E-state index is 11.8. The van der Waals surface area contributed by atoms with Gasteiger partial charge in [-0.2, -0.15) is 0 Å². The molecule has 0 aliphatic rings. The van der Waals surface area contributed by atoms with E-state index in [1.165, 1.54) is 7.11 Å². The number of pyridine rings is 1. The standard InChI is InChI=1S/C16H17ClN2O3/c1-19(10-12-5-3-4-8-18-12)15(16(20)21)13-9-11(17)6-7-14(13)22-2/h3-9,15H,10H2,1-2H3,(H,20,21). The molecule has 6 heteroatoms. The van der Waals surface area contributed by atoms with E-state index in [1.807, 2.05) is 18.2 Å². The molecule has 0 amide bonds. The van der Waals surface area contributed by atoms with Crippen molar-refractivity contribution in [3.63, 3.8) is 0 Å². The number of aliphatic carboxylic acids is 1. The largest absolute Gasteiger partial charge is 0.496 e. The van der Waals surface area contributed by atoms with Gasteiger partial charge >= 0.3 is 5.97 Å². The van der Waals surface area contributed by atoms with Crippen LogP contribution in [0.5, 0.6) is 5.75 Å². The molecule has 116 valence electrons. The zero-order valence-electron chi connectivity index (χ0n) is 12.4. The molecule has 0 bridgehead atoms. The molecular weight excluding hydrogens is 304 g/mol. The number of aromatic nitrogens is 1. The Balaban J connectivity index is 2.34. The van der Waals surface area contributed by atoms with Crippen LogP contribution < -0.4 is 4.74 Å². The highest BCUT2D eigenvalue weighted by molar-refractivity contribution is 6.30. The highest BCUT2D eigenvalue weighted by atomic mass is 35.5. The molecule has 0 spiro atoms. The van der Waals surface area contributed by atoms with E-state index in [4.69, 9.17) is 16.3 Å². The number of carboxylic acid groups (broad SMARTS) is 1. The summed E-state index contributed by atoms with van der Waals surface area (Å²) in [5.74, 6) is -0.483. The first-order chi connectivity index (χ1) is 10.5. The summed E-state index contributed by atoms with van der Waals surface area (Å²) in [6.45, 7) is 0.396. The summed E-state index contributed by atoms with van der Waals surface area (Å²) in [4.78, 5) is 17.7. The second kappa shape index (κ2) is 7.24. The summed E-state index contributed by atoms with van der Waals surface area (Å²) in [6.07, 6.45) is 1.68. The Labute approximate surface area is 134 Å². The molecule has 1 heterocycles. The minimum atomic E-state index is -0.973. The van der Waals surface area contributed by atoms with Gasteiger partial charge in [0.25, 0.3) is 0 Å². The number of rotatable bonds is 6. The van der Waals surface area contributed by atoms with Crippen LogP contribution in [0.4, 0.5) is 0 Å². The van der Waals surface area contributed by atoms with Gasteiger partial charge < -0.3 is 9.84 Å². The molecule has 0 aliphatic carbocycles. The highest BCUT2D eigenvalue weighted by Crippen LogP contribution is 2.32. The maximum Gasteiger partial charge on any atom is 0.325 e. The third-order valence-corrected chi connectivity index (χ3v) is 3.53. The van der Waals surface area contributed by atoms with Crippen LogP contribution in [-0.2, 0) is 11.3 Å². The van der Waals surface area contributed by atoms with Crippen LogP contribution in [0.1, 0.15) is 17.3 Å². The van der Waals surface area contributed by atoms with Crippen LogP contribution in [0.3, 0.4) is 0 Å². The van der Waals surface area contributed by atoms with Crippen LogP contribution in [0.25, 0.3) is 0 Å². The van der Waals surface area contributed by atoms with Gasteiger partial charge in [0.2, 0.25) is 0 Å². The first-order valence-electron chi connectivity index (χ1n) is 6.69. The molecule has 0 saturated carbocycles. The lowest BCUT2D eigenvalue weighted by Gasteiger charge is -2.26. The molecular formula is C16H17ClN2O3. The number of halogens is 1. The van der Waals surface area contributed by atoms with E-state index in [1.54, 1.807) is 36.3 Å². The van der Waals surface area contributed by atoms with Gasteiger partial charge in [0.05, 0.1) is 12.8 Å². The van der Waals surface area contributed by atoms with Crippen LogP contribution in [0.15, 0.2) is 42.6 Å². The number of likely N-dealkylation sites (N-methyl/N-ethyl adjacent to an activating group) is 1. The normalized spacial score (nSPS) is 12.2.